The van der Waals surface area contributed by atoms with Crippen molar-refractivity contribution in [1.29, 1.82) is 0 Å². The number of fused-ring (bicyclic) bond motifs is 1. The van der Waals surface area contributed by atoms with Gasteiger partial charge in [-0.2, -0.15) is 4.98 Å². The molecule has 0 bridgehead atoms. The monoisotopic (exact) mass is 535 g/mol. The van der Waals surface area contributed by atoms with Gasteiger partial charge in [0.15, 0.2) is 5.65 Å². The summed E-state index contributed by atoms with van der Waals surface area (Å²) >= 11 is 12.9. The highest BCUT2D eigenvalue weighted by atomic mass is 35.5. The van der Waals surface area contributed by atoms with E-state index in [0.717, 1.165) is 4.73 Å². The van der Waals surface area contributed by atoms with E-state index in [1.807, 2.05) is 0 Å². The number of aliphatic hydroxyl groups is 1. The smallest absolute Gasteiger partial charge is 0.285 e. The fourth-order valence-electron chi connectivity index (χ4n) is 3.37. The Morgan fingerprint density at radius 3 is 2.46 bits per heavy atom. The number of hydrogen-bond donors (Lipinski definition) is 3. The zero-order valence-electron chi connectivity index (χ0n) is 18.2. The summed E-state index contributed by atoms with van der Waals surface area (Å²) in [5.74, 6) is 0.0396. The van der Waals surface area contributed by atoms with Gasteiger partial charge in [-0.3, -0.25) is 4.79 Å². The van der Waals surface area contributed by atoms with Crippen LogP contribution in [0.2, 0.25) is 10.0 Å². The number of rotatable bonds is 8. The van der Waals surface area contributed by atoms with Gasteiger partial charge >= 0.3 is 0 Å². The standard InChI is InChI=1S/C22H19Cl2N5O5S/c1-34-29-18(31)9-8-15-20(19-16(23)6-3-7-17(19)24)27-22(28-21(15)29)26-13-4-2-5-14(12-13)35(32,33)25-10-11-30/h2-9,12,25,30H,10-11H2,1H3,(H,26,27,28). The second-order valence-corrected chi connectivity index (χ2v) is 9.73. The maximum atomic E-state index is 12.4. The number of nitrogens with zero attached hydrogens (tertiary/aromatic N) is 3. The number of aliphatic hydroxyl groups excluding tert-OH is 1. The topological polar surface area (TPSA) is 135 Å². The Labute approximate surface area is 210 Å². The van der Waals surface area contributed by atoms with Crippen molar-refractivity contribution in [3.63, 3.8) is 0 Å². The van der Waals surface area contributed by atoms with Gasteiger partial charge in [-0.1, -0.05) is 35.3 Å². The second-order valence-electron chi connectivity index (χ2n) is 7.15. The van der Waals surface area contributed by atoms with Gasteiger partial charge in [-0.25, -0.2) is 18.1 Å². The molecule has 13 heteroatoms. The van der Waals surface area contributed by atoms with E-state index in [0.29, 0.717) is 32.4 Å². The van der Waals surface area contributed by atoms with Crippen LogP contribution in [0.5, 0.6) is 0 Å². The fourth-order valence-corrected chi connectivity index (χ4v) is 5.02. The van der Waals surface area contributed by atoms with Crippen molar-refractivity contribution in [3.8, 4) is 11.3 Å². The van der Waals surface area contributed by atoms with E-state index < -0.39 is 15.6 Å². The van der Waals surface area contributed by atoms with Gasteiger partial charge in [-0.15, -0.1) is 4.73 Å². The summed E-state index contributed by atoms with van der Waals surface area (Å²) in [5.41, 5.74) is 0.819. The van der Waals surface area contributed by atoms with E-state index >= 15 is 0 Å². The Bertz CT molecular complexity index is 1560. The maximum absolute atomic E-state index is 12.4. The average molecular weight is 536 g/mol. The van der Waals surface area contributed by atoms with Crippen LogP contribution < -0.4 is 20.4 Å². The molecule has 0 saturated carbocycles. The van der Waals surface area contributed by atoms with Crippen LogP contribution in [-0.4, -0.2) is 48.5 Å². The number of hydrogen-bond acceptors (Lipinski definition) is 8. The Morgan fingerprint density at radius 2 is 1.77 bits per heavy atom. The molecular weight excluding hydrogens is 517 g/mol. The van der Waals surface area contributed by atoms with Gasteiger partial charge < -0.3 is 15.3 Å². The molecule has 2 heterocycles. The lowest BCUT2D eigenvalue weighted by molar-refractivity contribution is 0.167. The number of halogens is 2. The minimum absolute atomic E-state index is 0.0279. The van der Waals surface area contributed by atoms with Crippen molar-refractivity contribution in [2.24, 2.45) is 0 Å². The second kappa shape index (κ2) is 10.2. The summed E-state index contributed by atoms with van der Waals surface area (Å²) in [4.78, 5) is 26.6. The molecule has 0 atom stereocenters. The van der Waals surface area contributed by atoms with E-state index in [1.54, 1.807) is 30.3 Å². The highest BCUT2D eigenvalue weighted by Gasteiger charge is 2.19. The maximum Gasteiger partial charge on any atom is 0.285 e. The molecule has 0 aliphatic carbocycles. The Kier molecular flexibility index (Phi) is 7.24. The normalized spacial score (nSPS) is 11.5. The van der Waals surface area contributed by atoms with Crippen LogP contribution in [0.4, 0.5) is 11.6 Å². The van der Waals surface area contributed by atoms with Gasteiger partial charge in [0.05, 0.1) is 27.2 Å². The van der Waals surface area contributed by atoms with Crippen molar-refractivity contribution in [2.45, 2.75) is 4.90 Å². The van der Waals surface area contributed by atoms with Crippen LogP contribution in [0, 0.1) is 0 Å². The minimum Gasteiger partial charge on any atom is -0.412 e. The first-order chi connectivity index (χ1) is 16.7. The molecule has 4 rings (SSSR count). The van der Waals surface area contributed by atoms with Crippen LogP contribution in [0.25, 0.3) is 22.3 Å². The summed E-state index contributed by atoms with van der Waals surface area (Å²) in [5, 5.41) is 13.0. The molecule has 0 aliphatic rings. The van der Waals surface area contributed by atoms with Crippen LogP contribution in [0.15, 0.2) is 64.3 Å². The molecule has 0 spiro atoms. The van der Waals surface area contributed by atoms with Crippen LogP contribution >= 0.6 is 23.2 Å². The first-order valence-electron chi connectivity index (χ1n) is 10.2. The third kappa shape index (κ3) is 5.09. The first kappa shape index (κ1) is 24.9. The van der Waals surface area contributed by atoms with E-state index in [-0.39, 0.29) is 29.6 Å². The Balaban J connectivity index is 1.88. The van der Waals surface area contributed by atoms with Crippen LogP contribution in [-0.2, 0) is 10.0 Å². The van der Waals surface area contributed by atoms with Crippen LogP contribution in [0.3, 0.4) is 0 Å². The zero-order chi connectivity index (χ0) is 25.2. The SMILES string of the molecule is COn1c(=O)ccc2c(-c3c(Cl)cccc3Cl)nc(Nc3cccc(S(=O)(=O)NCCO)c3)nc21. The molecule has 0 aliphatic heterocycles. The number of benzene rings is 2. The number of nitrogens with one attached hydrogen (secondary N) is 2. The van der Waals surface area contributed by atoms with Gasteiger partial charge in [-0.05, 0) is 36.4 Å². The summed E-state index contributed by atoms with van der Waals surface area (Å²) in [6, 6.07) is 13.8. The van der Waals surface area contributed by atoms with Gasteiger partial charge in [0, 0.05) is 29.2 Å². The summed E-state index contributed by atoms with van der Waals surface area (Å²) in [6.07, 6.45) is 0. The highest BCUT2D eigenvalue weighted by Crippen LogP contribution is 2.37. The molecule has 0 fully saturated rings. The van der Waals surface area contributed by atoms with E-state index in [9.17, 15) is 13.2 Å². The third-order valence-corrected chi connectivity index (χ3v) is 6.99. The molecule has 35 heavy (non-hydrogen) atoms. The van der Waals surface area contributed by atoms with E-state index in [1.165, 1.54) is 31.4 Å². The molecule has 0 amide bonds. The predicted molar refractivity (Wildman–Crippen MR) is 134 cm³/mol. The third-order valence-electron chi connectivity index (χ3n) is 4.90. The average Bonchev–Trinajstić information content (AvgIpc) is 2.83. The Hall–Kier alpha value is -3.22. The van der Waals surface area contributed by atoms with Crippen LogP contribution in [0.1, 0.15) is 0 Å². The molecule has 3 N–H and O–H groups in total. The van der Waals surface area contributed by atoms with Crippen molar-refractivity contribution in [2.75, 3.05) is 25.6 Å². The molecule has 0 radical (unpaired) electrons. The molecule has 2 aromatic carbocycles. The molecule has 10 nitrogen and oxygen atoms in total. The predicted octanol–water partition coefficient (Wildman–Crippen LogP) is 2.84. The summed E-state index contributed by atoms with van der Waals surface area (Å²) < 4.78 is 28.2. The van der Waals surface area contributed by atoms with Crippen molar-refractivity contribution >= 4 is 55.9 Å². The van der Waals surface area contributed by atoms with E-state index in [2.05, 4.69) is 20.0 Å². The number of pyridine rings is 1. The molecule has 4 aromatic rings. The lowest BCUT2D eigenvalue weighted by Gasteiger charge is -2.15. The van der Waals surface area contributed by atoms with Gasteiger partial charge in [0.25, 0.3) is 5.56 Å². The number of sulfonamides is 1. The fraction of sp³-hybridized carbons (Fsp3) is 0.136. The summed E-state index contributed by atoms with van der Waals surface area (Å²) in [6.45, 7) is -0.457. The number of aromatic nitrogens is 3. The molecule has 0 unspecified atom stereocenters. The molecule has 182 valence electrons. The lowest BCUT2D eigenvalue weighted by atomic mass is 10.1. The largest absolute Gasteiger partial charge is 0.412 e. The van der Waals surface area contributed by atoms with Crippen molar-refractivity contribution in [1.82, 2.24) is 19.4 Å². The van der Waals surface area contributed by atoms with Crippen molar-refractivity contribution < 1.29 is 18.4 Å². The highest BCUT2D eigenvalue weighted by molar-refractivity contribution is 7.89. The lowest BCUT2D eigenvalue weighted by Crippen LogP contribution is -2.26. The van der Waals surface area contributed by atoms with Gasteiger partial charge in [0.2, 0.25) is 16.0 Å². The van der Waals surface area contributed by atoms with Crippen molar-refractivity contribution in [3.05, 3.63) is 75.0 Å². The molecular formula is C22H19Cl2N5O5S. The Morgan fingerprint density at radius 1 is 1.06 bits per heavy atom. The van der Waals surface area contributed by atoms with E-state index in [4.69, 9.17) is 33.1 Å². The molecule has 0 saturated heterocycles. The molecule has 2 aromatic heterocycles. The zero-order valence-corrected chi connectivity index (χ0v) is 20.5. The minimum atomic E-state index is -3.84. The summed E-state index contributed by atoms with van der Waals surface area (Å²) in [7, 11) is -2.52. The quantitative estimate of drug-likeness (QED) is 0.313. The van der Waals surface area contributed by atoms with Gasteiger partial charge in [0.1, 0.15) is 7.11 Å². The number of anilines is 2. The first-order valence-corrected chi connectivity index (χ1v) is 12.4.